The van der Waals surface area contributed by atoms with Crippen molar-refractivity contribution >= 4 is 39.1 Å². The first-order valence-electron chi connectivity index (χ1n) is 8.52. The predicted octanol–water partition coefficient (Wildman–Crippen LogP) is 2.74. The largest absolute Gasteiger partial charge is 0.332 e. The molecule has 0 heterocycles. The Hall–Kier alpha value is -2.42. The SMILES string of the molecule is CC(C)NS(=O)(=O)c1cccc(C(=O)N(C)CC(=O)Nc2cccc(Cl)c2)c1. The maximum atomic E-state index is 12.6. The first-order valence-corrected chi connectivity index (χ1v) is 10.4. The molecule has 2 aromatic rings. The van der Waals surface area contributed by atoms with E-state index in [0.717, 1.165) is 0 Å². The zero-order valence-corrected chi connectivity index (χ0v) is 17.3. The zero-order valence-electron chi connectivity index (χ0n) is 15.8. The second kappa shape index (κ2) is 9.18. The molecule has 150 valence electrons. The number of sulfonamides is 1. The lowest BCUT2D eigenvalue weighted by Crippen LogP contribution is -2.35. The third-order valence-corrected chi connectivity index (χ3v) is 5.51. The van der Waals surface area contributed by atoms with Gasteiger partial charge in [-0.1, -0.05) is 23.7 Å². The van der Waals surface area contributed by atoms with Gasteiger partial charge in [0, 0.05) is 29.4 Å². The van der Waals surface area contributed by atoms with E-state index in [-0.39, 0.29) is 23.0 Å². The van der Waals surface area contributed by atoms with Crippen LogP contribution in [0.1, 0.15) is 24.2 Å². The van der Waals surface area contributed by atoms with Gasteiger partial charge in [-0.05, 0) is 50.2 Å². The summed E-state index contributed by atoms with van der Waals surface area (Å²) in [6, 6.07) is 12.1. The molecule has 28 heavy (non-hydrogen) atoms. The van der Waals surface area contributed by atoms with Crippen LogP contribution < -0.4 is 10.0 Å². The van der Waals surface area contributed by atoms with Gasteiger partial charge in [-0.3, -0.25) is 9.59 Å². The number of benzene rings is 2. The van der Waals surface area contributed by atoms with Gasteiger partial charge in [0.2, 0.25) is 15.9 Å². The predicted molar refractivity (Wildman–Crippen MR) is 109 cm³/mol. The summed E-state index contributed by atoms with van der Waals surface area (Å²) in [4.78, 5) is 26.0. The van der Waals surface area contributed by atoms with Gasteiger partial charge in [-0.25, -0.2) is 13.1 Å². The van der Waals surface area contributed by atoms with Crippen LogP contribution in [-0.4, -0.2) is 44.8 Å². The fourth-order valence-corrected chi connectivity index (χ4v) is 3.94. The second-order valence-corrected chi connectivity index (χ2v) is 8.67. The van der Waals surface area contributed by atoms with Gasteiger partial charge < -0.3 is 10.2 Å². The molecule has 2 amide bonds. The average Bonchev–Trinajstić information content (AvgIpc) is 2.60. The lowest BCUT2D eigenvalue weighted by Gasteiger charge is -2.17. The van der Waals surface area contributed by atoms with Crippen LogP contribution in [0, 0.1) is 0 Å². The summed E-state index contributed by atoms with van der Waals surface area (Å²) >= 11 is 5.88. The van der Waals surface area contributed by atoms with Crippen LogP contribution in [0.5, 0.6) is 0 Å². The van der Waals surface area contributed by atoms with Gasteiger partial charge in [0.15, 0.2) is 0 Å². The minimum Gasteiger partial charge on any atom is -0.332 e. The van der Waals surface area contributed by atoms with Gasteiger partial charge in [-0.2, -0.15) is 0 Å². The number of hydrogen-bond acceptors (Lipinski definition) is 4. The van der Waals surface area contributed by atoms with Crippen LogP contribution >= 0.6 is 11.6 Å². The summed E-state index contributed by atoms with van der Waals surface area (Å²) in [5.74, 6) is -0.869. The fourth-order valence-electron chi connectivity index (χ4n) is 2.45. The molecule has 0 bridgehead atoms. The van der Waals surface area contributed by atoms with E-state index in [1.54, 1.807) is 38.1 Å². The Morgan fingerprint density at radius 1 is 1.11 bits per heavy atom. The van der Waals surface area contributed by atoms with Crippen molar-refractivity contribution in [2.45, 2.75) is 24.8 Å². The van der Waals surface area contributed by atoms with Crippen LogP contribution in [0.2, 0.25) is 5.02 Å². The number of nitrogens with zero attached hydrogens (tertiary/aromatic N) is 1. The number of carbonyl (C=O) groups excluding carboxylic acids is 2. The Morgan fingerprint density at radius 2 is 1.79 bits per heavy atom. The Balaban J connectivity index is 2.08. The molecule has 2 rings (SSSR count). The quantitative estimate of drug-likeness (QED) is 0.715. The lowest BCUT2D eigenvalue weighted by atomic mass is 10.2. The molecule has 0 aromatic heterocycles. The molecular weight excluding hydrogens is 402 g/mol. The minimum absolute atomic E-state index is 0.0103. The van der Waals surface area contributed by atoms with Gasteiger partial charge in [0.25, 0.3) is 5.91 Å². The number of rotatable bonds is 7. The molecule has 0 atom stereocenters. The van der Waals surface area contributed by atoms with Crippen molar-refractivity contribution in [2.24, 2.45) is 0 Å². The minimum atomic E-state index is -3.72. The van der Waals surface area contributed by atoms with E-state index in [2.05, 4.69) is 10.0 Å². The molecule has 0 aliphatic rings. The maximum absolute atomic E-state index is 12.6. The van der Waals surface area contributed by atoms with Crippen molar-refractivity contribution in [1.82, 2.24) is 9.62 Å². The van der Waals surface area contributed by atoms with E-state index in [9.17, 15) is 18.0 Å². The highest BCUT2D eigenvalue weighted by Crippen LogP contribution is 2.16. The third kappa shape index (κ3) is 6.05. The van der Waals surface area contributed by atoms with Crippen LogP contribution in [0.15, 0.2) is 53.4 Å². The molecule has 0 saturated heterocycles. The van der Waals surface area contributed by atoms with Crippen molar-refractivity contribution in [2.75, 3.05) is 18.9 Å². The Kier molecular flexibility index (Phi) is 7.17. The number of hydrogen-bond donors (Lipinski definition) is 2. The van der Waals surface area contributed by atoms with Crippen LogP contribution in [0.25, 0.3) is 0 Å². The maximum Gasteiger partial charge on any atom is 0.254 e. The summed E-state index contributed by atoms with van der Waals surface area (Å²) in [5.41, 5.74) is 0.691. The van der Waals surface area contributed by atoms with E-state index in [1.165, 1.54) is 36.2 Å². The monoisotopic (exact) mass is 423 g/mol. The van der Waals surface area contributed by atoms with Crippen molar-refractivity contribution < 1.29 is 18.0 Å². The molecule has 0 fully saturated rings. The molecule has 0 unspecified atom stereocenters. The van der Waals surface area contributed by atoms with Crippen LogP contribution in [-0.2, 0) is 14.8 Å². The molecule has 9 heteroatoms. The number of carbonyl (C=O) groups is 2. The second-order valence-electron chi connectivity index (χ2n) is 6.52. The molecule has 0 spiro atoms. The van der Waals surface area contributed by atoms with E-state index in [1.807, 2.05) is 0 Å². The number of anilines is 1. The first-order chi connectivity index (χ1) is 13.1. The molecule has 7 nitrogen and oxygen atoms in total. The molecule has 0 aliphatic carbocycles. The summed E-state index contributed by atoms with van der Waals surface area (Å²) in [5, 5.41) is 3.14. The number of amides is 2. The molecule has 0 aliphatic heterocycles. The molecular formula is C19H22ClN3O4S. The molecule has 2 aromatic carbocycles. The summed E-state index contributed by atoms with van der Waals surface area (Å²) in [6.45, 7) is 3.21. The Bertz CT molecular complexity index is 977. The molecule has 2 N–H and O–H groups in total. The fraction of sp³-hybridized carbons (Fsp3) is 0.263. The molecule has 0 radical (unpaired) electrons. The van der Waals surface area contributed by atoms with Crippen molar-refractivity contribution in [3.05, 3.63) is 59.1 Å². The average molecular weight is 424 g/mol. The highest BCUT2D eigenvalue weighted by atomic mass is 35.5. The van der Waals surface area contributed by atoms with Crippen molar-refractivity contribution in [3.63, 3.8) is 0 Å². The Labute approximate surface area is 169 Å². The number of halogens is 1. The van der Waals surface area contributed by atoms with Crippen molar-refractivity contribution in [1.29, 1.82) is 0 Å². The van der Waals surface area contributed by atoms with E-state index in [4.69, 9.17) is 11.6 Å². The summed E-state index contributed by atoms with van der Waals surface area (Å²) < 4.78 is 27.0. The van der Waals surface area contributed by atoms with Gasteiger partial charge in [0.05, 0.1) is 11.4 Å². The smallest absolute Gasteiger partial charge is 0.254 e. The Morgan fingerprint density at radius 3 is 2.43 bits per heavy atom. The number of nitrogens with one attached hydrogen (secondary N) is 2. The third-order valence-electron chi connectivity index (χ3n) is 3.62. The molecule has 0 saturated carbocycles. The normalized spacial score (nSPS) is 11.3. The van der Waals surface area contributed by atoms with Crippen molar-refractivity contribution in [3.8, 4) is 0 Å². The first kappa shape index (κ1) is 21.9. The number of likely N-dealkylation sites (N-methyl/N-ethyl adjacent to an activating group) is 1. The van der Waals surface area contributed by atoms with Crippen LogP contribution in [0.3, 0.4) is 0 Å². The summed E-state index contributed by atoms with van der Waals surface area (Å²) in [6.07, 6.45) is 0. The summed E-state index contributed by atoms with van der Waals surface area (Å²) in [7, 11) is -2.26. The van der Waals surface area contributed by atoms with E-state index >= 15 is 0 Å². The highest BCUT2D eigenvalue weighted by Gasteiger charge is 2.20. The standard InChI is InChI=1S/C19H22ClN3O4S/c1-13(2)22-28(26,27)17-9-4-6-14(10-17)19(25)23(3)12-18(24)21-16-8-5-7-15(20)11-16/h4-11,13,22H,12H2,1-3H3,(H,21,24). The van der Waals surface area contributed by atoms with Gasteiger partial charge in [-0.15, -0.1) is 0 Å². The lowest BCUT2D eigenvalue weighted by molar-refractivity contribution is -0.116. The van der Waals surface area contributed by atoms with E-state index in [0.29, 0.717) is 10.7 Å². The highest BCUT2D eigenvalue weighted by molar-refractivity contribution is 7.89. The van der Waals surface area contributed by atoms with Gasteiger partial charge >= 0.3 is 0 Å². The topological polar surface area (TPSA) is 95.6 Å². The van der Waals surface area contributed by atoms with E-state index < -0.39 is 21.8 Å². The van der Waals surface area contributed by atoms with Gasteiger partial charge in [0.1, 0.15) is 0 Å². The van der Waals surface area contributed by atoms with Crippen LogP contribution in [0.4, 0.5) is 5.69 Å². The zero-order chi connectivity index (χ0) is 20.9.